The zero-order valence-corrected chi connectivity index (χ0v) is 5.95. The minimum Gasteiger partial charge on any atom is -1.00 e. The second-order valence-corrected chi connectivity index (χ2v) is 1.07. The molecule has 4 heteroatoms. The summed E-state index contributed by atoms with van der Waals surface area (Å²) in [5.74, 6) is -1.08. The van der Waals surface area contributed by atoms with Gasteiger partial charge in [-0.25, -0.2) is 0 Å². The Hall–Kier alpha value is 0.430. The lowest BCUT2D eigenvalue weighted by atomic mass is 10.8. The smallest absolute Gasteiger partial charge is 0.0520 e. The molecular formula is C2H2Br2O2-2. The Bertz CT molecular complexity index is 44.8. The Morgan fingerprint density at radius 1 is 1.83 bits per heavy atom. The summed E-state index contributed by atoms with van der Waals surface area (Å²) in [7, 11) is 0. The average Bonchev–Trinajstić information content (AvgIpc) is 1.38. The van der Waals surface area contributed by atoms with Gasteiger partial charge in [-0.2, -0.15) is 0 Å². The topological polar surface area (TPSA) is 40.1 Å². The molecule has 0 aromatic rings. The van der Waals surface area contributed by atoms with E-state index >= 15 is 0 Å². The van der Waals surface area contributed by atoms with Crippen LogP contribution in [0.1, 0.15) is 0 Å². The van der Waals surface area contributed by atoms with Crippen molar-refractivity contribution in [1.82, 2.24) is 0 Å². The van der Waals surface area contributed by atoms with E-state index in [4.69, 9.17) is 0 Å². The quantitative estimate of drug-likeness (QED) is 0.422. The van der Waals surface area contributed by atoms with Crippen molar-refractivity contribution < 1.29 is 26.9 Å². The van der Waals surface area contributed by atoms with Crippen molar-refractivity contribution in [2.75, 3.05) is 5.33 Å². The summed E-state index contributed by atoms with van der Waals surface area (Å²) in [6.45, 7) is 0. The Morgan fingerprint density at radius 3 is 2.00 bits per heavy atom. The van der Waals surface area contributed by atoms with E-state index in [1.54, 1.807) is 0 Å². The Kier molecular flexibility index (Phi) is 8.74. The molecule has 0 spiro atoms. The van der Waals surface area contributed by atoms with Crippen LogP contribution in [-0.2, 0) is 4.79 Å². The number of carboxylic acids is 1. The van der Waals surface area contributed by atoms with Crippen LogP contribution in [0.5, 0.6) is 0 Å². The zero-order chi connectivity index (χ0) is 4.28. The molecule has 0 rings (SSSR count). The fraction of sp³-hybridized carbons (Fsp3) is 0.500. The van der Waals surface area contributed by atoms with Gasteiger partial charge in [-0.1, -0.05) is 15.9 Å². The largest absolute Gasteiger partial charge is 1.00 e. The summed E-state index contributed by atoms with van der Waals surface area (Å²) in [6, 6.07) is 0. The highest BCUT2D eigenvalue weighted by molar-refractivity contribution is 9.09. The van der Waals surface area contributed by atoms with Crippen LogP contribution in [0.15, 0.2) is 0 Å². The van der Waals surface area contributed by atoms with Crippen LogP contribution in [0.4, 0.5) is 0 Å². The molecule has 0 bridgehead atoms. The number of halogens is 2. The van der Waals surface area contributed by atoms with Gasteiger partial charge in [0.05, 0.1) is 5.97 Å². The Balaban J connectivity index is 0. The van der Waals surface area contributed by atoms with Gasteiger partial charge in [-0.05, 0) is 0 Å². The maximum Gasteiger partial charge on any atom is 0.0520 e. The van der Waals surface area contributed by atoms with Gasteiger partial charge < -0.3 is 26.9 Å². The van der Waals surface area contributed by atoms with Gasteiger partial charge in [0.2, 0.25) is 0 Å². The van der Waals surface area contributed by atoms with E-state index in [9.17, 15) is 9.90 Å². The molecule has 2 nitrogen and oxygen atoms in total. The predicted molar refractivity (Wildman–Crippen MR) is 18.8 cm³/mol. The van der Waals surface area contributed by atoms with Crippen molar-refractivity contribution in [3.8, 4) is 0 Å². The number of hydrogen-bond acceptors (Lipinski definition) is 2. The van der Waals surface area contributed by atoms with Crippen LogP contribution >= 0.6 is 15.9 Å². The van der Waals surface area contributed by atoms with E-state index in [-0.39, 0.29) is 22.3 Å². The van der Waals surface area contributed by atoms with E-state index in [2.05, 4.69) is 15.9 Å². The third-order valence-corrected chi connectivity index (χ3v) is 0.567. The number of carbonyl (C=O) groups excluding carboxylic acids is 1. The van der Waals surface area contributed by atoms with Gasteiger partial charge in [0.1, 0.15) is 0 Å². The monoisotopic (exact) mass is 216 g/mol. The first kappa shape index (κ1) is 9.66. The molecule has 0 fully saturated rings. The molecule has 0 saturated carbocycles. The van der Waals surface area contributed by atoms with Crippen molar-refractivity contribution >= 4 is 21.9 Å². The average molecular weight is 218 g/mol. The fourth-order valence-electron chi connectivity index (χ4n) is 0. The summed E-state index contributed by atoms with van der Waals surface area (Å²) in [5, 5.41) is 9.13. The highest BCUT2D eigenvalue weighted by atomic mass is 79.9. The Labute approximate surface area is 54.4 Å². The molecule has 38 valence electrons. The van der Waals surface area contributed by atoms with Gasteiger partial charge in [-0.3, -0.25) is 0 Å². The van der Waals surface area contributed by atoms with Gasteiger partial charge >= 0.3 is 0 Å². The van der Waals surface area contributed by atoms with Crippen molar-refractivity contribution in [3.05, 3.63) is 0 Å². The summed E-state index contributed by atoms with van der Waals surface area (Å²) in [5.41, 5.74) is 0. The fourth-order valence-corrected chi connectivity index (χ4v) is 0. The van der Waals surface area contributed by atoms with Crippen LogP contribution in [0.2, 0.25) is 0 Å². The molecule has 0 unspecified atom stereocenters. The maximum atomic E-state index is 9.21. The standard InChI is InChI=1S/C2H3BrO2.BrH/c3-1-2(4)5;/h1H2,(H,4,5);1H/p-2. The molecule has 0 N–H and O–H groups in total. The lowest BCUT2D eigenvalue weighted by molar-refractivity contribution is -0.301. The molecule has 0 aromatic carbocycles. The van der Waals surface area contributed by atoms with Gasteiger partial charge in [0.25, 0.3) is 0 Å². The van der Waals surface area contributed by atoms with Crippen LogP contribution < -0.4 is 22.1 Å². The Morgan fingerprint density at radius 2 is 2.00 bits per heavy atom. The first-order valence-electron chi connectivity index (χ1n) is 1.03. The zero-order valence-electron chi connectivity index (χ0n) is 2.78. The summed E-state index contributed by atoms with van der Waals surface area (Å²) in [6.07, 6.45) is 0. The van der Waals surface area contributed by atoms with Crippen LogP contribution in [0.3, 0.4) is 0 Å². The van der Waals surface area contributed by atoms with E-state index in [1.807, 2.05) is 0 Å². The minimum absolute atomic E-state index is 0. The highest BCUT2D eigenvalue weighted by Gasteiger charge is 1.67. The van der Waals surface area contributed by atoms with Crippen molar-refractivity contribution in [1.29, 1.82) is 0 Å². The lowest BCUT2D eigenvalue weighted by Crippen LogP contribution is -3.00. The van der Waals surface area contributed by atoms with Crippen molar-refractivity contribution in [2.45, 2.75) is 0 Å². The number of aliphatic carboxylic acids is 1. The second-order valence-electron chi connectivity index (χ2n) is 0.506. The van der Waals surface area contributed by atoms with E-state index in [0.29, 0.717) is 0 Å². The van der Waals surface area contributed by atoms with Crippen molar-refractivity contribution in [3.63, 3.8) is 0 Å². The molecule has 0 aromatic heterocycles. The predicted octanol–water partition coefficient (Wildman–Crippen LogP) is -3.86. The first-order valence-corrected chi connectivity index (χ1v) is 2.15. The number of rotatable bonds is 1. The normalized spacial score (nSPS) is 6.17. The van der Waals surface area contributed by atoms with Gasteiger partial charge in [0.15, 0.2) is 0 Å². The minimum atomic E-state index is -1.08. The number of carbonyl (C=O) groups is 1. The van der Waals surface area contributed by atoms with E-state index in [0.717, 1.165) is 0 Å². The third-order valence-electron chi connectivity index (χ3n) is 0.109. The third kappa shape index (κ3) is 8.83. The number of hydrogen-bond donors (Lipinski definition) is 0. The summed E-state index contributed by atoms with van der Waals surface area (Å²) in [4.78, 5) is 9.21. The SMILES string of the molecule is O=C([O-])CBr.[Br-]. The lowest BCUT2D eigenvalue weighted by Gasteiger charge is -1.85. The van der Waals surface area contributed by atoms with Gasteiger partial charge in [-0.15, -0.1) is 0 Å². The molecule has 0 aliphatic rings. The summed E-state index contributed by atoms with van der Waals surface area (Å²) < 4.78 is 0. The molecule has 0 amide bonds. The molecular weight excluding hydrogens is 216 g/mol. The molecule has 0 saturated heterocycles. The van der Waals surface area contributed by atoms with E-state index in [1.165, 1.54) is 0 Å². The van der Waals surface area contributed by atoms with E-state index < -0.39 is 5.97 Å². The molecule has 0 aliphatic heterocycles. The summed E-state index contributed by atoms with van der Waals surface area (Å²) >= 11 is 2.65. The number of alkyl halides is 1. The molecule has 6 heavy (non-hydrogen) atoms. The molecule has 0 aliphatic carbocycles. The number of carboxylic acid groups (broad SMARTS) is 1. The molecule has 0 atom stereocenters. The molecule has 0 heterocycles. The van der Waals surface area contributed by atoms with Crippen LogP contribution in [0, 0.1) is 0 Å². The first-order chi connectivity index (χ1) is 2.27. The van der Waals surface area contributed by atoms with Crippen molar-refractivity contribution in [2.24, 2.45) is 0 Å². The second kappa shape index (κ2) is 5.43. The maximum absolute atomic E-state index is 9.21. The highest BCUT2D eigenvalue weighted by Crippen LogP contribution is 1.70. The van der Waals surface area contributed by atoms with Crippen LogP contribution in [0.25, 0.3) is 0 Å². The van der Waals surface area contributed by atoms with Gasteiger partial charge in [0, 0.05) is 5.33 Å². The molecule has 0 radical (unpaired) electrons. The van der Waals surface area contributed by atoms with Crippen LogP contribution in [-0.4, -0.2) is 11.3 Å².